The number of carbonyl (C=O) groups is 4. The zero-order valence-corrected chi connectivity index (χ0v) is 25.1. The zero-order valence-electron chi connectivity index (χ0n) is 23.5. The largest absolute Gasteiger partial charge is 0.481 e. The lowest BCUT2D eigenvalue weighted by Crippen LogP contribution is -2.35. The molecule has 0 aliphatic heterocycles. The Bertz CT molecular complexity index is 991. The van der Waals surface area contributed by atoms with Crippen molar-refractivity contribution in [2.75, 3.05) is 13.2 Å². The number of aliphatic carboxylic acids is 2. The van der Waals surface area contributed by atoms with Crippen LogP contribution in [-0.2, 0) is 48.9 Å². The number of esters is 2. The third-order valence-electron chi connectivity index (χ3n) is 6.00. The summed E-state index contributed by atoms with van der Waals surface area (Å²) in [6.45, 7) is 8.35. The second-order valence-electron chi connectivity index (χ2n) is 9.29. The number of carbonyl (C=O) groups excluding carboxylic acids is 2. The van der Waals surface area contributed by atoms with Crippen molar-refractivity contribution in [2.24, 2.45) is 11.8 Å². The van der Waals surface area contributed by atoms with E-state index in [9.17, 15) is 40.6 Å². The summed E-state index contributed by atoms with van der Waals surface area (Å²) in [6.07, 6.45) is 5.58. The molecule has 0 aromatic rings. The minimum absolute atomic E-state index is 0.0747. The fraction of sp³-hybridized carbons (Fsp3) is 0.833. The molecule has 16 heteroatoms. The summed E-state index contributed by atoms with van der Waals surface area (Å²) in [5.74, 6) is -5.11. The Kier molecular flexibility index (Phi) is 20.5. The fourth-order valence-electron chi connectivity index (χ4n) is 3.30. The predicted octanol–water partition coefficient (Wildman–Crippen LogP) is 2.95. The molecule has 0 rings (SSSR count). The molecule has 0 aromatic carbocycles. The molecule has 0 radical (unpaired) electrons. The molecule has 0 aliphatic rings. The topological polar surface area (TPSA) is 236 Å². The highest BCUT2D eigenvalue weighted by Gasteiger charge is 2.36. The van der Waals surface area contributed by atoms with E-state index >= 15 is 0 Å². The number of ether oxygens (including phenoxy) is 2. The Morgan fingerprint density at radius 2 is 1.10 bits per heavy atom. The third-order valence-corrected chi connectivity index (χ3v) is 8.16. The van der Waals surface area contributed by atoms with Gasteiger partial charge in [-0.25, -0.2) is 0 Å². The molecule has 4 unspecified atom stereocenters. The van der Waals surface area contributed by atoms with Crippen molar-refractivity contribution in [2.45, 2.75) is 102 Å². The van der Waals surface area contributed by atoms with Gasteiger partial charge in [0, 0.05) is 0 Å². The molecule has 0 bridgehead atoms. The summed E-state index contributed by atoms with van der Waals surface area (Å²) in [5, 5.41) is 12.0. The average Bonchev–Trinajstić information content (AvgIpc) is 2.84. The minimum Gasteiger partial charge on any atom is -0.481 e. The summed E-state index contributed by atoms with van der Waals surface area (Å²) >= 11 is 0. The normalized spacial score (nSPS) is 14.6. The van der Waals surface area contributed by atoms with E-state index in [4.69, 9.17) is 24.2 Å². The lowest BCUT2D eigenvalue weighted by molar-refractivity contribution is -0.151. The fourth-order valence-corrected chi connectivity index (χ4v) is 4.57. The van der Waals surface area contributed by atoms with Crippen LogP contribution >= 0.6 is 0 Å². The van der Waals surface area contributed by atoms with Crippen LogP contribution in [-0.4, -0.2) is 83.7 Å². The number of hydrogen-bond donors (Lipinski definition) is 4. The Morgan fingerprint density at radius 3 is 1.40 bits per heavy atom. The molecule has 0 spiro atoms. The number of carboxylic acid groups (broad SMARTS) is 2. The van der Waals surface area contributed by atoms with Crippen molar-refractivity contribution in [3.8, 4) is 0 Å². The van der Waals surface area contributed by atoms with E-state index in [1.807, 2.05) is 13.8 Å². The van der Waals surface area contributed by atoms with Crippen molar-refractivity contribution < 1.29 is 64.8 Å². The number of carboxylic acids is 2. The van der Waals surface area contributed by atoms with Gasteiger partial charge in [-0.2, -0.15) is 16.8 Å². The molecule has 0 saturated carbocycles. The van der Waals surface area contributed by atoms with Gasteiger partial charge < -0.3 is 19.7 Å². The van der Waals surface area contributed by atoms with Crippen LogP contribution in [0.25, 0.3) is 0 Å². The van der Waals surface area contributed by atoms with Gasteiger partial charge in [0.1, 0.15) is 0 Å². The first-order valence-electron chi connectivity index (χ1n) is 13.1. The van der Waals surface area contributed by atoms with Crippen LogP contribution in [0.5, 0.6) is 0 Å². The summed E-state index contributed by atoms with van der Waals surface area (Å²) in [7, 11) is -9.60. The van der Waals surface area contributed by atoms with Crippen molar-refractivity contribution in [3.05, 3.63) is 0 Å². The zero-order chi connectivity index (χ0) is 31.5. The standard InChI is InChI=1S/C20H38O7S.C4H6O7S/c1-5-9-11-16(7-3)14-26-19(21)13-18(28(23,24)25)20(22)27-15-17(8-4)12-10-6-2;5-3(6)1-2(4(7)8)12(9,10)11/h16-18H,5-15H2,1-4H3,(H,23,24,25);2H,1H2,(H,5,6)(H,7,8)(H,9,10,11). The molecule has 236 valence electrons. The molecule has 4 N–H and O–H groups in total. The van der Waals surface area contributed by atoms with Crippen LogP contribution in [0.3, 0.4) is 0 Å². The Labute approximate surface area is 236 Å². The lowest BCUT2D eigenvalue weighted by atomic mass is 10.0. The van der Waals surface area contributed by atoms with Gasteiger partial charge in [-0.1, -0.05) is 66.2 Å². The maximum atomic E-state index is 12.2. The smallest absolute Gasteiger partial charge is 0.327 e. The van der Waals surface area contributed by atoms with Gasteiger partial charge >= 0.3 is 23.9 Å². The van der Waals surface area contributed by atoms with E-state index in [1.165, 1.54) is 0 Å². The second kappa shape index (κ2) is 20.6. The van der Waals surface area contributed by atoms with Crippen LogP contribution in [0.15, 0.2) is 0 Å². The van der Waals surface area contributed by atoms with Crippen molar-refractivity contribution in [1.29, 1.82) is 0 Å². The number of rotatable bonds is 20. The van der Waals surface area contributed by atoms with Gasteiger partial charge in [0.25, 0.3) is 20.2 Å². The van der Waals surface area contributed by atoms with Crippen LogP contribution in [0.4, 0.5) is 0 Å². The van der Waals surface area contributed by atoms with E-state index < -0.39 is 67.5 Å². The first-order chi connectivity index (χ1) is 18.4. The molecule has 14 nitrogen and oxygen atoms in total. The molecule has 0 aliphatic carbocycles. The van der Waals surface area contributed by atoms with Gasteiger partial charge in [-0.15, -0.1) is 0 Å². The van der Waals surface area contributed by atoms with Gasteiger partial charge in [0.05, 0.1) is 26.1 Å². The average molecular weight is 621 g/mol. The lowest BCUT2D eigenvalue weighted by Gasteiger charge is -2.18. The molecular weight excluding hydrogens is 576 g/mol. The number of unbranched alkanes of at least 4 members (excludes halogenated alkanes) is 2. The first-order valence-corrected chi connectivity index (χ1v) is 16.1. The monoisotopic (exact) mass is 620 g/mol. The summed E-state index contributed by atoms with van der Waals surface area (Å²) in [4.78, 5) is 44.2. The van der Waals surface area contributed by atoms with Crippen molar-refractivity contribution >= 4 is 44.1 Å². The molecule has 0 fully saturated rings. The summed E-state index contributed by atoms with van der Waals surface area (Å²) in [5.41, 5.74) is 0. The summed E-state index contributed by atoms with van der Waals surface area (Å²) < 4.78 is 71.4. The quantitative estimate of drug-likeness (QED) is 0.113. The van der Waals surface area contributed by atoms with Crippen molar-refractivity contribution in [1.82, 2.24) is 0 Å². The SMILES string of the molecule is CCCCC(CC)COC(=O)CC(C(=O)OCC(CC)CCCC)S(=O)(=O)O.O=C(O)CC(C(=O)O)S(=O)(=O)O. The van der Waals surface area contributed by atoms with Gasteiger partial charge in [0.2, 0.25) is 0 Å². The minimum atomic E-state index is -4.84. The maximum absolute atomic E-state index is 12.2. The highest BCUT2D eigenvalue weighted by molar-refractivity contribution is 7.87. The molecule has 40 heavy (non-hydrogen) atoms. The Balaban J connectivity index is 0. The predicted molar refractivity (Wildman–Crippen MR) is 144 cm³/mol. The first kappa shape index (κ1) is 39.8. The van der Waals surface area contributed by atoms with Crippen LogP contribution in [0, 0.1) is 11.8 Å². The van der Waals surface area contributed by atoms with Gasteiger partial charge in [-0.05, 0) is 24.7 Å². The molecular formula is C24H44O14S2. The van der Waals surface area contributed by atoms with E-state index in [2.05, 4.69) is 13.8 Å². The highest BCUT2D eigenvalue weighted by atomic mass is 32.2. The number of hydrogen-bond acceptors (Lipinski definition) is 10. The molecule has 0 saturated heterocycles. The Morgan fingerprint density at radius 1 is 0.675 bits per heavy atom. The Hall–Kier alpha value is -2.30. The molecule has 0 amide bonds. The van der Waals surface area contributed by atoms with E-state index in [0.29, 0.717) is 0 Å². The molecule has 0 heterocycles. The van der Waals surface area contributed by atoms with E-state index in [0.717, 1.165) is 51.4 Å². The van der Waals surface area contributed by atoms with Gasteiger partial charge in [0.15, 0.2) is 10.5 Å². The van der Waals surface area contributed by atoms with Crippen LogP contribution in [0.1, 0.15) is 91.9 Å². The molecule has 4 atom stereocenters. The summed E-state index contributed by atoms with van der Waals surface area (Å²) in [6, 6.07) is 0. The molecule has 0 aromatic heterocycles. The van der Waals surface area contributed by atoms with Crippen molar-refractivity contribution in [3.63, 3.8) is 0 Å². The maximum Gasteiger partial charge on any atom is 0.327 e. The van der Waals surface area contributed by atoms with Crippen LogP contribution < -0.4 is 0 Å². The highest BCUT2D eigenvalue weighted by Crippen LogP contribution is 2.17. The van der Waals surface area contributed by atoms with E-state index in [1.54, 1.807) is 0 Å². The third kappa shape index (κ3) is 18.9. The van der Waals surface area contributed by atoms with E-state index in [-0.39, 0.29) is 25.0 Å². The van der Waals surface area contributed by atoms with Crippen LogP contribution in [0.2, 0.25) is 0 Å². The second-order valence-corrected chi connectivity index (χ2v) is 12.5. The van der Waals surface area contributed by atoms with Gasteiger partial charge in [-0.3, -0.25) is 28.3 Å².